The van der Waals surface area contributed by atoms with Crippen LogP contribution in [0.1, 0.15) is 33.6 Å². The average molecular weight is 271 g/mol. The van der Waals surface area contributed by atoms with Crippen molar-refractivity contribution in [2.75, 3.05) is 46.9 Å². The second-order valence-corrected chi connectivity index (χ2v) is 6.04. The number of hydrogen-bond acceptors (Lipinski definition) is 4. The Bertz CT molecular complexity index is 235. The van der Waals surface area contributed by atoms with Crippen LogP contribution in [0.3, 0.4) is 0 Å². The summed E-state index contributed by atoms with van der Waals surface area (Å²) in [4.78, 5) is 5.08. The Hall–Kier alpha value is -0.160. The van der Waals surface area contributed by atoms with E-state index in [2.05, 4.69) is 42.9 Å². The number of ether oxygens (including phenoxy) is 1. The molecule has 19 heavy (non-hydrogen) atoms. The number of likely N-dealkylation sites (N-methyl/N-ethyl adjacent to an activating group) is 2. The number of methoxy groups -OCH3 is 1. The molecule has 0 aliphatic carbocycles. The fourth-order valence-corrected chi connectivity index (χ4v) is 2.91. The molecule has 4 heteroatoms. The van der Waals surface area contributed by atoms with Crippen LogP contribution in [0.5, 0.6) is 0 Å². The molecule has 4 nitrogen and oxygen atoms in total. The van der Waals surface area contributed by atoms with Crippen LogP contribution < -0.4 is 5.32 Å². The van der Waals surface area contributed by atoms with E-state index in [1.165, 1.54) is 25.9 Å². The van der Waals surface area contributed by atoms with Crippen LogP contribution in [0.25, 0.3) is 0 Å². The lowest BCUT2D eigenvalue weighted by Gasteiger charge is -2.33. The third kappa shape index (κ3) is 5.78. The minimum Gasteiger partial charge on any atom is -0.383 e. The lowest BCUT2D eigenvalue weighted by Crippen LogP contribution is -2.49. The Labute approximate surface area is 119 Å². The summed E-state index contributed by atoms with van der Waals surface area (Å²) in [5, 5.41) is 3.53. The third-order valence-corrected chi connectivity index (χ3v) is 4.15. The van der Waals surface area contributed by atoms with Crippen LogP contribution in [0, 0.1) is 0 Å². The summed E-state index contributed by atoms with van der Waals surface area (Å²) in [7, 11) is 4.03. The second kappa shape index (κ2) is 8.90. The van der Waals surface area contributed by atoms with Gasteiger partial charge in [0.15, 0.2) is 0 Å². The van der Waals surface area contributed by atoms with Gasteiger partial charge in [-0.05, 0) is 33.0 Å². The van der Waals surface area contributed by atoms with Gasteiger partial charge in [0.1, 0.15) is 0 Å². The molecule has 1 heterocycles. The molecule has 1 fully saturated rings. The predicted molar refractivity (Wildman–Crippen MR) is 81.7 cm³/mol. The van der Waals surface area contributed by atoms with Crippen molar-refractivity contribution in [1.29, 1.82) is 0 Å². The third-order valence-electron chi connectivity index (χ3n) is 4.15. The highest BCUT2D eigenvalue weighted by atomic mass is 16.5. The van der Waals surface area contributed by atoms with Gasteiger partial charge in [0.2, 0.25) is 0 Å². The summed E-state index contributed by atoms with van der Waals surface area (Å²) in [6, 6.07) is 1.73. The van der Waals surface area contributed by atoms with Crippen LogP contribution in [0.15, 0.2) is 0 Å². The number of nitrogens with one attached hydrogen (secondary N) is 1. The van der Waals surface area contributed by atoms with E-state index in [1.54, 1.807) is 7.11 Å². The van der Waals surface area contributed by atoms with Gasteiger partial charge in [-0.25, -0.2) is 0 Å². The standard InChI is InChI=1S/C15H33N3O/c1-6-18-9-7-8-14(18)11-17(4)15(12-19-5)10-16-13(2)3/h13-16H,6-12H2,1-5H3. The molecule has 0 amide bonds. The largest absolute Gasteiger partial charge is 0.383 e. The maximum absolute atomic E-state index is 5.38. The molecule has 0 spiro atoms. The highest BCUT2D eigenvalue weighted by Crippen LogP contribution is 2.18. The summed E-state index contributed by atoms with van der Waals surface area (Å²) >= 11 is 0. The van der Waals surface area contributed by atoms with Gasteiger partial charge in [-0.1, -0.05) is 20.8 Å². The minimum absolute atomic E-state index is 0.465. The van der Waals surface area contributed by atoms with Crippen molar-refractivity contribution in [2.45, 2.75) is 51.7 Å². The Kier molecular flexibility index (Phi) is 7.91. The average Bonchev–Trinajstić information content (AvgIpc) is 2.81. The van der Waals surface area contributed by atoms with Crippen LogP contribution in [0.2, 0.25) is 0 Å². The van der Waals surface area contributed by atoms with Crippen molar-refractivity contribution in [3.63, 3.8) is 0 Å². The van der Waals surface area contributed by atoms with Gasteiger partial charge in [-0.3, -0.25) is 9.80 Å². The van der Waals surface area contributed by atoms with E-state index >= 15 is 0 Å². The first-order valence-electron chi connectivity index (χ1n) is 7.75. The van der Waals surface area contributed by atoms with Crippen molar-refractivity contribution in [3.8, 4) is 0 Å². The Morgan fingerprint density at radius 3 is 2.74 bits per heavy atom. The topological polar surface area (TPSA) is 27.7 Å². The van der Waals surface area contributed by atoms with Crippen molar-refractivity contribution in [1.82, 2.24) is 15.1 Å². The van der Waals surface area contributed by atoms with E-state index < -0.39 is 0 Å². The quantitative estimate of drug-likeness (QED) is 0.686. The molecule has 2 atom stereocenters. The number of hydrogen-bond donors (Lipinski definition) is 1. The normalized spacial score (nSPS) is 22.6. The molecular weight excluding hydrogens is 238 g/mol. The van der Waals surface area contributed by atoms with E-state index in [-0.39, 0.29) is 0 Å². The Morgan fingerprint density at radius 1 is 1.42 bits per heavy atom. The van der Waals surface area contributed by atoms with Gasteiger partial charge in [0.25, 0.3) is 0 Å². The zero-order chi connectivity index (χ0) is 14.3. The molecule has 0 saturated carbocycles. The first kappa shape index (κ1) is 16.9. The fraction of sp³-hybridized carbons (Fsp3) is 1.00. The monoisotopic (exact) mass is 271 g/mol. The van der Waals surface area contributed by atoms with E-state index in [1.807, 2.05) is 0 Å². The van der Waals surface area contributed by atoms with Gasteiger partial charge in [0.05, 0.1) is 6.61 Å². The molecule has 114 valence electrons. The Morgan fingerprint density at radius 2 is 2.16 bits per heavy atom. The smallest absolute Gasteiger partial charge is 0.0630 e. The number of likely N-dealkylation sites (tertiary alicyclic amines) is 1. The summed E-state index contributed by atoms with van der Waals surface area (Å²) in [5.74, 6) is 0. The lowest BCUT2D eigenvalue weighted by molar-refractivity contribution is 0.0865. The lowest BCUT2D eigenvalue weighted by atomic mass is 10.1. The molecule has 2 unspecified atom stereocenters. The van der Waals surface area contributed by atoms with Gasteiger partial charge in [-0.15, -0.1) is 0 Å². The van der Waals surface area contributed by atoms with E-state index in [0.29, 0.717) is 12.1 Å². The molecule has 0 aromatic rings. The summed E-state index contributed by atoms with van der Waals surface area (Å²) in [5.41, 5.74) is 0. The maximum atomic E-state index is 5.38. The van der Waals surface area contributed by atoms with Crippen LogP contribution >= 0.6 is 0 Å². The van der Waals surface area contributed by atoms with Gasteiger partial charge < -0.3 is 10.1 Å². The zero-order valence-electron chi connectivity index (χ0n) is 13.5. The van der Waals surface area contributed by atoms with Crippen molar-refractivity contribution in [2.24, 2.45) is 0 Å². The van der Waals surface area contributed by atoms with E-state index in [4.69, 9.17) is 4.74 Å². The number of rotatable bonds is 9. The first-order chi connectivity index (χ1) is 9.08. The Balaban J connectivity index is 2.43. The van der Waals surface area contributed by atoms with Crippen LogP contribution in [-0.4, -0.2) is 74.9 Å². The predicted octanol–water partition coefficient (Wildman–Crippen LogP) is 1.42. The van der Waals surface area contributed by atoms with E-state index in [0.717, 1.165) is 25.7 Å². The molecule has 0 aromatic carbocycles. The fourth-order valence-electron chi connectivity index (χ4n) is 2.91. The summed E-state index contributed by atoms with van der Waals surface area (Å²) in [6.45, 7) is 12.1. The first-order valence-corrected chi connectivity index (χ1v) is 7.75. The van der Waals surface area contributed by atoms with Crippen LogP contribution in [0.4, 0.5) is 0 Å². The SMILES string of the molecule is CCN1CCCC1CN(C)C(CNC(C)C)COC. The van der Waals surface area contributed by atoms with Crippen LogP contribution in [-0.2, 0) is 4.74 Å². The molecule has 1 N–H and O–H groups in total. The molecule has 0 aromatic heterocycles. The van der Waals surface area contributed by atoms with Gasteiger partial charge in [-0.2, -0.15) is 0 Å². The molecule has 0 radical (unpaired) electrons. The molecular formula is C15H33N3O. The molecule has 1 saturated heterocycles. The number of nitrogens with zero attached hydrogens (tertiary/aromatic N) is 2. The zero-order valence-corrected chi connectivity index (χ0v) is 13.5. The molecule has 0 bridgehead atoms. The van der Waals surface area contributed by atoms with Gasteiger partial charge in [0, 0.05) is 38.3 Å². The maximum Gasteiger partial charge on any atom is 0.0630 e. The highest BCUT2D eigenvalue weighted by molar-refractivity contribution is 4.83. The molecule has 1 aliphatic heterocycles. The second-order valence-electron chi connectivity index (χ2n) is 6.04. The van der Waals surface area contributed by atoms with E-state index in [9.17, 15) is 0 Å². The van der Waals surface area contributed by atoms with Crippen molar-refractivity contribution in [3.05, 3.63) is 0 Å². The molecule has 1 rings (SSSR count). The minimum atomic E-state index is 0.465. The van der Waals surface area contributed by atoms with Crippen molar-refractivity contribution < 1.29 is 4.74 Å². The summed E-state index contributed by atoms with van der Waals surface area (Å²) < 4.78 is 5.38. The summed E-state index contributed by atoms with van der Waals surface area (Å²) in [6.07, 6.45) is 2.70. The van der Waals surface area contributed by atoms with Crippen molar-refractivity contribution >= 4 is 0 Å². The molecule has 1 aliphatic rings. The van der Waals surface area contributed by atoms with Gasteiger partial charge >= 0.3 is 0 Å². The highest BCUT2D eigenvalue weighted by Gasteiger charge is 2.26.